The Kier molecular flexibility index (Phi) is 7.11. The number of allylic oxidation sites excluding steroid dienone is 5. The molecule has 4 heterocycles. The lowest BCUT2D eigenvalue weighted by molar-refractivity contribution is 0.604. The molecule has 0 bridgehead atoms. The Morgan fingerprint density at radius 2 is 2.06 bits per heavy atom. The summed E-state index contributed by atoms with van der Waals surface area (Å²) in [5.74, 6) is -0.761. The van der Waals surface area contributed by atoms with E-state index >= 15 is 4.39 Å². The standard InChI is InChI=1S/C27H27F2N5/c1-4-6-20(13-18(2)3)26-22(28)14-19(15-32-26)16-33-27-25(29)24(8-11-31-27)34-12-9-23-21(17-34)7-5-10-30-23/h4-8,10-11,13-15H,2,9,12,16-17H2,1,3H3,(H,31,33)/b6-4-,20-13+. The van der Waals surface area contributed by atoms with Crippen molar-refractivity contribution >= 4 is 17.1 Å². The van der Waals surface area contributed by atoms with Gasteiger partial charge in [0.25, 0.3) is 0 Å². The number of nitrogens with zero attached hydrogens (tertiary/aromatic N) is 4. The van der Waals surface area contributed by atoms with E-state index in [1.54, 1.807) is 36.8 Å². The molecule has 0 aromatic carbocycles. The molecule has 7 heteroatoms. The molecular formula is C27H27F2N5. The first-order valence-electron chi connectivity index (χ1n) is 11.2. The summed E-state index contributed by atoms with van der Waals surface area (Å²) in [6.07, 6.45) is 11.1. The van der Waals surface area contributed by atoms with Gasteiger partial charge in [-0.15, -0.1) is 0 Å². The molecule has 34 heavy (non-hydrogen) atoms. The van der Waals surface area contributed by atoms with Crippen LogP contribution in [-0.4, -0.2) is 21.5 Å². The zero-order valence-corrected chi connectivity index (χ0v) is 19.4. The van der Waals surface area contributed by atoms with E-state index in [9.17, 15) is 4.39 Å². The molecule has 1 aliphatic rings. The quantitative estimate of drug-likeness (QED) is 0.449. The average Bonchev–Trinajstić information content (AvgIpc) is 2.83. The van der Waals surface area contributed by atoms with Crippen LogP contribution in [0.15, 0.2) is 73.2 Å². The molecule has 0 amide bonds. The second kappa shape index (κ2) is 10.4. The summed E-state index contributed by atoms with van der Waals surface area (Å²) >= 11 is 0. The van der Waals surface area contributed by atoms with Crippen LogP contribution in [0.2, 0.25) is 0 Å². The lowest BCUT2D eigenvalue weighted by atomic mass is 10.1. The summed E-state index contributed by atoms with van der Waals surface area (Å²) in [6.45, 7) is 9.01. The third-order valence-electron chi connectivity index (χ3n) is 5.55. The van der Waals surface area contributed by atoms with Gasteiger partial charge in [0, 0.05) is 55.9 Å². The highest BCUT2D eigenvalue weighted by molar-refractivity contribution is 5.74. The predicted octanol–water partition coefficient (Wildman–Crippen LogP) is 5.86. The van der Waals surface area contributed by atoms with Gasteiger partial charge < -0.3 is 10.2 Å². The number of anilines is 2. The highest BCUT2D eigenvalue weighted by Gasteiger charge is 2.21. The van der Waals surface area contributed by atoms with Gasteiger partial charge in [0.1, 0.15) is 11.5 Å². The van der Waals surface area contributed by atoms with Crippen LogP contribution in [0.25, 0.3) is 5.57 Å². The number of aromatic nitrogens is 3. The van der Waals surface area contributed by atoms with Crippen molar-refractivity contribution in [2.24, 2.45) is 0 Å². The SMILES string of the molecule is C=C(C)/C=C(\C=C/C)c1ncc(CNc2nccc(N3CCc4ncccc4C3)c2F)cc1F. The maximum Gasteiger partial charge on any atom is 0.188 e. The van der Waals surface area contributed by atoms with Gasteiger partial charge in [-0.25, -0.2) is 13.8 Å². The summed E-state index contributed by atoms with van der Waals surface area (Å²) in [5.41, 5.74) is 4.91. The number of rotatable bonds is 7. The van der Waals surface area contributed by atoms with Gasteiger partial charge in [0.2, 0.25) is 0 Å². The van der Waals surface area contributed by atoms with E-state index < -0.39 is 11.6 Å². The Morgan fingerprint density at radius 3 is 2.82 bits per heavy atom. The van der Waals surface area contributed by atoms with Crippen molar-refractivity contribution in [3.8, 4) is 0 Å². The minimum absolute atomic E-state index is 0.121. The predicted molar refractivity (Wildman–Crippen MR) is 132 cm³/mol. The molecule has 0 unspecified atom stereocenters. The van der Waals surface area contributed by atoms with Gasteiger partial charge in [0.05, 0.1) is 5.69 Å². The van der Waals surface area contributed by atoms with Crippen LogP contribution < -0.4 is 10.2 Å². The highest BCUT2D eigenvalue weighted by Crippen LogP contribution is 2.29. The molecule has 1 N–H and O–H groups in total. The zero-order valence-electron chi connectivity index (χ0n) is 19.4. The van der Waals surface area contributed by atoms with Crippen molar-refractivity contribution in [3.63, 3.8) is 0 Å². The number of fused-ring (bicyclic) bond motifs is 1. The number of halogens is 2. The Labute approximate surface area is 198 Å². The third-order valence-corrected chi connectivity index (χ3v) is 5.55. The van der Waals surface area contributed by atoms with E-state index in [1.165, 1.54) is 6.07 Å². The number of pyridine rings is 3. The third kappa shape index (κ3) is 5.20. The smallest absolute Gasteiger partial charge is 0.188 e. The Bertz CT molecular complexity index is 1270. The maximum absolute atomic E-state index is 15.3. The summed E-state index contributed by atoms with van der Waals surface area (Å²) < 4.78 is 30.1. The molecule has 0 fully saturated rings. The average molecular weight is 460 g/mol. The molecular weight excluding hydrogens is 432 g/mol. The van der Waals surface area contributed by atoms with Crippen molar-refractivity contribution in [2.45, 2.75) is 33.4 Å². The Morgan fingerprint density at radius 1 is 1.21 bits per heavy atom. The summed E-state index contributed by atoms with van der Waals surface area (Å²) in [4.78, 5) is 14.8. The van der Waals surface area contributed by atoms with Crippen molar-refractivity contribution in [3.05, 3.63) is 107 Å². The number of hydrogen-bond donors (Lipinski definition) is 1. The molecule has 3 aromatic rings. The Hall–Kier alpha value is -3.87. The second-order valence-corrected chi connectivity index (χ2v) is 8.25. The van der Waals surface area contributed by atoms with E-state index in [2.05, 4.69) is 26.8 Å². The van der Waals surface area contributed by atoms with Gasteiger partial charge in [-0.05, 0) is 43.2 Å². The fourth-order valence-corrected chi connectivity index (χ4v) is 3.99. The van der Waals surface area contributed by atoms with Gasteiger partial charge in [-0.3, -0.25) is 9.97 Å². The van der Waals surface area contributed by atoms with Gasteiger partial charge in [-0.2, -0.15) is 0 Å². The van der Waals surface area contributed by atoms with E-state index in [1.807, 2.05) is 37.0 Å². The van der Waals surface area contributed by atoms with Crippen LogP contribution in [0.1, 0.15) is 36.4 Å². The minimum Gasteiger partial charge on any atom is -0.364 e. The van der Waals surface area contributed by atoms with Crippen molar-refractivity contribution in [2.75, 3.05) is 16.8 Å². The summed E-state index contributed by atoms with van der Waals surface area (Å²) in [6, 6.07) is 6.99. The zero-order chi connectivity index (χ0) is 24.1. The fraction of sp³-hybridized carbons (Fsp3) is 0.222. The molecule has 5 nitrogen and oxygen atoms in total. The first kappa shape index (κ1) is 23.3. The fourth-order valence-electron chi connectivity index (χ4n) is 3.99. The largest absolute Gasteiger partial charge is 0.364 e. The highest BCUT2D eigenvalue weighted by atomic mass is 19.1. The molecule has 0 aliphatic carbocycles. The first-order chi connectivity index (χ1) is 16.5. The van der Waals surface area contributed by atoms with Crippen LogP contribution >= 0.6 is 0 Å². The van der Waals surface area contributed by atoms with Crippen molar-refractivity contribution in [1.29, 1.82) is 0 Å². The summed E-state index contributed by atoms with van der Waals surface area (Å²) in [7, 11) is 0. The van der Waals surface area contributed by atoms with E-state index in [4.69, 9.17) is 0 Å². The molecule has 0 atom stereocenters. The minimum atomic E-state index is -0.451. The van der Waals surface area contributed by atoms with Gasteiger partial charge in [0.15, 0.2) is 11.6 Å². The molecule has 4 rings (SSSR count). The summed E-state index contributed by atoms with van der Waals surface area (Å²) in [5, 5.41) is 2.99. The monoisotopic (exact) mass is 459 g/mol. The second-order valence-electron chi connectivity index (χ2n) is 8.25. The van der Waals surface area contributed by atoms with Crippen LogP contribution in [0.4, 0.5) is 20.3 Å². The molecule has 1 aliphatic heterocycles. The van der Waals surface area contributed by atoms with E-state index in [-0.39, 0.29) is 18.1 Å². The van der Waals surface area contributed by atoms with Crippen LogP contribution in [0, 0.1) is 11.6 Å². The van der Waals surface area contributed by atoms with E-state index in [0.29, 0.717) is 29.9 Å². The number of nitrogens with one attached hydrogen (secondary N) is 1. The lowest BCUT2D eigenvalue weighted by Gasteiger charge is -2.30. The maximum atomic E-state index is 15.3. The van der Waals surface area contributed by atoms with Crippen LogP contribution in [0.3, 0.4) is 0 Å². The first-order valence-corrected chi connectivity index (χ1v) is 11.2. The van der Waals surface area contributed by atoms with Crippen molar-refractivity contribution in [1.82, 2.24) is 15.0 Å². The molecule has 3 aromatic heterocycles. The topological polar surface area (TPSA) is 53.9 Å². The van der Waals surface area contributed by atoms with Gasteiger partial charge in [-0.1, -0.05) is 36.4 Å². The normalized spacial score (nSPS) is 13.8. The van der Waals surface area contributed by atoms with Gasteiger partial charge >= 0.3 is 0 Å². The lowest BCUT2D eigenvalue weighted by Crippen LogP contribution is -2.31. The molecule has 0 saturated heterocycles. The van der Waals surface area contributed by atoms with Crippen LogP contribution in [0.5, 0.6) is 0 Å². The molecule has 174 valence electrons. The van der Waals surface area contributed by atoms with E-state index in [0.717, 1.165) is 23.3 Å². The van der Waals surface area contributed by atoms with Crippen LogP contribution in [-0.2, 0) is 19.5 Å². The molecule has 0 spiro atoms. The number of hydrogen-bond acceptors (Lipinski definition) is 5. The van der Waals surface area contributed by atoms with Crippen molar-refractivity contribution < 1.29 is 8.78 Å². The molecule has 0 saturated carbocycles. The Balaban J connectivity index is 1.49. The molecule has 0 radical (unpaired) electrons.